The topological polar surface area (TPSA) is 24.9 Å². The van der Waals surface area contributed by atoms with E-state index in [0.717, 1.165) is 6.42 Å². The minimum absolute atomic E-state index is 0.356. The SMILES string of the molecule is CNC(Cc1ccncc1)c1ccc(I)cc1. The summed E-state index contributed by atoms with van der Waals surface area (Å²) >= 11 is 2.33. The monoisotopic (exact) mass is 338 g/mol. The highest BCUT2D eigenvalue weighted by atomic mass is 127. The van der Waals surface area contributed by atoms with Gasteiger partial charge in [0, 0.05) is 22.0 Å². The van der Waals surface area contributed by atoms with Crippen molar-refractivity contribution in [2.45, 2.75) is 12.5 Å². The fourth-order valence-corrected chi connectivity index (χ4v) is 2.20. The number of likely N-dealkylation sites (N-methyl/N-ethyl adjacent to an activating group) is 1. The molecule has 2 rings (SSSR count). The van der Waals surface area contributed by atoms with Gasteiger partial charge in [-0.15, -0.1) is 0 Å². The largest absolute Gasteiger partial charge is 0.313 e. The molecule has 0 amide bonds. The van der Waals surface area contributed by atoms with E-state index in [-0.39, 0.29) is 0 Å². The summed E-state index contributed by atoms with van der Waals surface area (Å²) in [5.41, 5.74) is 2.63. The summed E-state index contributed by atoms with van der Waals surface area (Å²) in [6, 6.07) is 13.1. The molecular weight excluding hydrogens is 323 g/mol. The van der Waals surface area contributed by atoms with Gasteiger partial charge in [0.1, 0.15) is 0 Å². The third kappa shape index (κ3) is 3.51. The smallest absolute Gasteiger partial charge is 0.0358 e. The molecule has 3 heteroatoms. The zero-order valence-electron chi connectivity index (χ0n) is 9.73. The van der Waals surface area contributed by atoms with Crippen molar-refractivity contribution in [1.29, 1.82) is 0 Å². The quantitative estimate of drug-likeness (QED) is 0.866. The first-order chi connectivity index (χ1) is 8.29. The van der Waals surface area contributed by atoms with Gasteiger partial charge in [0.05, 0.1) is 0 Å². The van der Waals surface area contributed by atoms with Gasteiger partial charge in [-0.1, -0.05) is 12.1 Å². The molecule has 0 aliphatic heterocycles. The van der Waals surface area contributed by atoms with E-state index in [2.05, 4.69) is 69.3 Å². The van der Waals surface area contributed by atoms with E-state index in [1.54, 1.807) is 0 Å². The average molecular weight is 338 g/mol. The number of hydrogen-bond acceptors (Lipinski definition) is 2. The van der Waals surface area contributed by atoms with E-state index in [1.807, 2.05) is 19.4 Å². The molecule has 2 aromatic rings. The number of nitrogens with one attached hydrogen (secondary N) is 1. The van der Waals surface area contributed by atoms with Gasteiger partial charge >= 0.3 is 0 Å². The molecular formula is C14H15IN2. The first-order valence-electron chi connectivity index (χ1n) is 5.61. The van der Waals surface area contributed by atoms with E-state index in [9.17, 15) is 0 Å². The van der Waals surface area contributed by atoms with Crippen molar-refractivity contribution < 1.29 is 0 Å². The van der Waals surface area contributed by atoms with Crippen LogP contribution in [-0.2, 0) is 6.42 Å². The van der Waals surface area contributed by atoms with Crippen molar-refractivity contribution in [3.8, 4) is 0 Å². The van der Waals surface area contributed by atoms with Crippen LogP contribution >= 0.6 is 22.6 Å². The van der Waals surface area contributed by atoms with Gasteiger partial charge < -0.3 is 5.32 Å². The van der Waals surface area contributed by atoms with Crippen LogP contribution in [0.25, 0.3) is 0 Å². The van der Waals surface area contributed by atoms with Crippen LogP contribution in [0.3, 0.4) is 0 Å². The maximum Gasteiger partial charge on any atom is 0.0358 e. The van der Waals surface area contributed by atoms with Crippen molar-refractivity contribution in [1.82, 2.24) is 10.3 Å². The molecule has 1 unspecified atom stereocenters. The third-order valence-corrected chi connectivity index (χ3v) is 3.53. The third-order valence-electron chi connectivity index (χ3n) is 2.81. The molecule has 1 atom stereocenters. The molecule has 0 aliphatic rings. The van der Waals surface area contributed by atoms with Crippen molar-refractivity contribution >= 4 is 22.6 Å². The van der Waals surface area contributed by atoms with E-state index >= 15 is 0 Å². The maximum absolute atomic E-state index is 4.04. The van der Waals surface area contributed by atoms with Crippen LogP contribution in [0.5, 0.6) is 0 Å². The number of aromatic nitrogens is 1. The van der Waals surface area contributed by atoms with E-state index in [0.29, 0.717) is 6.04 Å². The number of nitrogens with zero attached hydrogens (tertiary/aromatic N) is 1. The van der Waals surface area contributed by atoms with Gasteiger partial charge in [0.25, 0.3) is 0 Å². The predicted octanol–water partition coefficient (Wildman–Crippen LogP) is 3.19. The van der Waals surface area contributed by atoms with Gasteiger partial charge in [-0.2, -0.15) is 0 Å². The van der Waals surface area contributed by atoms with Gasteiger partial charge in [-0.25, -0.2) is 0 Å². The second-order valence-corrected chi connectivity index (χ2v) is 5.20. The lowest BCUT2D eigenvalue weighted by Crippen LogP contribution is -2.18. The standard InChI is InChI=1S/C14H15IN2/c1-16-14(10-11-6-8-17-9-7-11)12-2-4-13(15)5-3-12/h2-9,14,16H,10H2,1H3. The van der Waals surface area contributed by atoms with Crippen LogP contribution in [0.15, 0.2) is 48.8 Å². The van der Waals surface area contributed by atoms with Crippen molar-refractivity contribution in [2.75, 3.05) is 7.05 Å². The van der Waals surface area contributed by atoms with Crippen LogP contribution < -0.4 is 5.32 Å². The molecule has 1 heterocycles. The Morgan fingerprint density at radius 3 is 2.35 bits per heavy atom. The lowest BCUT2D eigenvalue weighted by Gasteiger charge is -2.16. The highest BCUT2D eigenvalue weighted by Gasteiger charge is 2.09. The molecule has 1 aromatic carbocycles. The Morgan fingerprint density at radius 1 is 1.12 bits per heavy atom. The van der Waals surface area contributed by atoms with Gasteiger partial charge in [-0.05, 0) is 71.5 Å². The Bertz CT molecular complexity index is 453. The van der Waals surface area contributed by atoms with Crippen LogP contribution in [0.2, 0.25) is 0 Å². The fraction of sp³-hybridized carbons (Fsp3) is 0.214. The van der Waals surface area contributed by atoms with Crippen LogP contribution in [-0.4, -0.2) is 12.0 Å². The number of pyridine rings is 1. The Morgan fingerprint density at radius 2 is 1.76 bits per heavy atom. The zero-order chi connectivity index (χ0) is 12.1. The molecule has 0 saturated carbocycles. The summed E-state index contributed by atoms with van der Waals surface area (Å²) in [7, 11) is 2.00. The number of benzene rings is 1. The Kier molecular flexibility index (Phi) is 4.50. The van der Waals surface area contributed by atoms with E-state index < -0.39 is 0 Å². The highest BCUT2D eigenvalue weighted by Crippen LogP contribution is 2.18. The zero-order valence-corrected chi connectivity index (χ0v) is 11.9. The second kappa shape index (κ2) is 6.12. The first-order valence-corrected chi connectivity index (χ1v) is 6.69. The number of halogens is 1. The molecule has 0 bridgehead atoms. The normalized spacial score (nSPS) is 12.4. The number of hydrogen-bond donors (Lipinski definition) is 1. The molecule has 1 aromatic heterocycles. The summed E-state index contributed by atoms with van der Waals surface area (Å²) in [5.74, 6) is 0. The molecule has 0 aliphatic carbocycles. The number of rotatable bonds is 4. The van der Waals surface area contributed by atoms with Crippen LogP contribution in [0, 0.1) is 3.57 Å². The summed E-state index contributed by atoms with van der Waals surface area (Å²) in [6.45, 7) is 0. The molecule has 0 saturated heterocycles. The van der Waals surface area contributed by atoms with Crippen molar-refractivity contribution in [2.24, 2.45) is 0 Å². The van der Waals surface area contributed by atoms with E-state index in [4.69, 9.17) is 0 Å². The minimum atomic E-state index is 0.356. The average Bonchev–Trinajstić information content (AvgIpc) is 2.38. The summed E-state index contributed by atoms with van der Waals surface area (Å²) < 4.78 is 1.27. The molecule has 0 radical (unpaired) electrons. The molecule has 2 nitrogen and oxygen atoms in total. The van der Waals surface area contributed by atoms with Gasteiger partial charge in [0.2, 0.25) is 0 Å². The Labute approximate surface area is 116 Å². The van der Waals surface area contributed by atoms with E-state index in [1.165, 1.54) is 14.7 Å². The fourth-order valence-electron chi connectivity index (χ4n) is 1.84. The second-order valence-electron chi connectivity index (χ2n) is 3.95. The van der Waals surface area contributed by atoms with Gasteiger partial charge in [-0.3, -0.25) is 4.98 Å². The van der Waals surface area contributed by atoms with Crippen molar-refractivity contribution in [3.05, 3.63) is 63.5 Å². The Balaban J connectivity index is 2.14. The first kappa shape index (κ1) is 12.5. The predicted molar refractivity (Wildman–Crippen MR) is 78.9 cm³/mol. The molecule has 88 valence electrons. The maximum atomic E-state index is 4.04. The minimum Gasteiger partial charge on any atom is -0.313 e. The molecule has 1 N–H and O–H groups in total. The molecule has 17 heavy (non-hydrogen) atoms. The lowest BCUT2D eigenvalue weighted by molar-refractivity contribution is 0.591. The van der Waals surface area contributed by atoms with Gasteiger partial charge in [0.15, 0.2) is 0 Å². The highest BCUT2D eigenvalue weighted by molar-refractivity contribution is 14.1. The van der Waals surface area contributed by atoms with Crippen LogP contribution in [0.1, 0.15) is 17.2 Å². The lowest BCUT2D eigenvalue weighted by atomic mass is 10.00. The Hall–Kier alpha value is -0.940. The summed E-state index contributed by atoms with van der Waals surface area (Å²) in [6.07, 6.45) is 4.67. The molecule has 0 spiro atoms. The molecule has 0 fully saturated rings. The summed E-state index contributed by atoms with van der Waals surface area (Å²) in [5, 5.41) is 3.36. The van der Waals surface area contributed by atoms with Crippen molar-refractivity contribution in [3.63, 3.8) is 0 Å². The summed E-state index contributed by atoms with van der Waals surface area (Å²) in [4.78, 5) is 4.04. The van der Waals surface area contributed by atoms with Crippen LogP contribution in [0.4, 0.5) is 0 Å².